The van der Waals surface area contributed by atoms with Crippen molar-refractivity contribution >= 4 is 9.84 Å². The molecule has 1 saturated carbocycles. The van der Waals surface area contributed by atoms with E-state index in [-0.39, 0.29) is 24.3 Å². The third kappa shape index (κ3) is 1.97. The third-order valence-corrected chi connectivity index (χ3v) is 4.69. The Morgan fingerprint density at radius 1 is 1.31 bits per heavy atom. The molecule has 0 spiro atoms. The van der Waals surface area contributed by atoms with Gasteiger partial charge in [0.15, 0.2) is 9.84 Å². The minimum Gasteiger partial charge on any atom is -0.396 e. The van der Waals surface area contributed by atoms with Gasteiger partial charge in [0.2, 0.25) is 0 Å². The zero-order chi connectivity index (χ0) is 11.9. The Kier molecular flexibility index (Phi) is 2.75. The maximum atomic E-state index is 12.7. The zero-order valence-electron chi connectivity index (χ0n) is 8.80. The number of hydrogen-bond donors (Lipinski definition) is 1. The highest BCUT2D eigenvalue weighted by atomic mass is 32.2. The lowest BCUT2D eigenvalue weighted by Gasteiger charge is -1.98. The van der Waals surface area contributed by atoms with Gasteiger partial charge in [0.05, 0.1) is 5.25 Å². The van der Waals surface area contributed by atoms with Gasteiger partial charge in [-0.1, -0.05) is 12.1 Å². The molecule has 0 unspecified atom stereocenters. The van der Waals surface area contributed by atoms with Crippen LogP contribution in [-0.4, -0.2) is 31.6 Å². The molecule has 1 aliphatic rings. The average molecular weight is 244 g/mol. The summed E-state index contributed by atoms with van der Waals surface area (Å²) in [5.41, 5.74) is 0.774. The Morgan fingerprint density at radius 2 is 1.88 bits per heavy atom. The molecule has 1 fully saturated rings. The van der Waals surface area contributed by atoms with Gasteiger partial charge in [-0.3, -0.25) is 0 Å². The second-order valence-electron chi connectivity index (χ2n) is 4.22. The molecule has 88 valence electrons. The second-order valence-corrected chi connectivity index (χ2v) is 6.42. The molecule has 1 aliphatic carbocycles. The maximum Gasteiger partial charge on any atom is 0.151 e. The molecule has 1 N–H and O–H groups in total. The Bertz CT molecular complexity index is 480. The van der Waals surface area contributed by atoms with Crippen LogP contribution in [0.1, 0.15) is 11.5 Å². The summed E-state index contributed by atoms with van der Waals surface area (Å²) in [5, 5.41) is 8.56. The van der Waals surface area contributed by atoms with E-state index < -0.39 is 15.1 Å². The van der Waals surface area contributed by atoms with Crippen LogP contribution in [0.25, 0.3) is 0 Å². The van der Waals surface area contributed by atoms with Crippen LogP contribution in [0.15, 0.2) is 24.3 Å². The first-order chi connectivity index (χ1) is 7.45. The zero-order valence-corrected chi connectivity index (χ0v) is 9.61. The van der Waals surface area contributed by atoms with Crippen molar-refractivity contribution in [3.8, 4) is 0 Å². The SMILES string of the molecule is CS(=O)(=O)[C@H]1[C@H](CO)[C@@H]1c1ccc(F)cc1. The lowest BCUT2D eigenvalue weighted by atomic mass is 10.1. The first-order valence-corrected chi connectivity index (χ1v) is 6.96. The number of aliphatic hydroxyl groups excluding tert-OH is 1. The quantitative estimate of drug-likeness (QED) is 0.861. The summed E-state index contributed by atoms with van der Waals surface area (Å²) in [6, 6.07) is 5.77. The van der Waals surface area contributed by atoms with E-state index in [9.17, 15) is 12.8 Å². The van der Waals surface area contributed by atoms with E-state index in [1.165, 1.54) is 18.4 Å². The Labute approximate surface area is 93.8 Å². The van der Waals surface area contributed by atoms with E-state index in [1.807, 2.05) is 0 Å². The molecule has 1 aromatic carbocycles. The summed E-state index contributed by atoms with van der Waals surface area (Å²) < 4.78 is 35.6. The summed E-state index contributed by atoms with van der Waals surface area (Å²) >= 11 is 0. The maximum absolute atomic E-state index is 12.7. The molecule has 0 bridgehead atoms. The normalized spacial score (nSPS) is 29.1. The summed E-state index contributed by atoms with van der Waals surface area (Å²) in [6.45, 7) is -0.153. The fourth-order valence-corrected chi connectivity index (χ4v) is 3.96. The van der Waals surface area contributed by atoms with E-state index in [2.05, 4.69) is 0 Å². The molecular formula is C11H13FO3S. The monoisotopic (exact) mass is 244 g/mol. The highest BCUT2D eigenvalue weighted by molar-refractivity contribution is 7.91. The highest BCUT2D eigenvalue weighted by Gasteiger charge is 2.56. The Hall–Kier alpha value is -0.940. The number of halogens is 1. The van der Waals surface area contributed by atoms with Crippen molar-refractivity contribution in [2.24, 2.45) is 5.92 Å². The van der Waals surface area contributed by atoms with Gasteiger partial charge in [-0.2, -0.15) is 0 Å². The van der Waals surface area contributed by atoms with E-state index >= 15 is 0 Å². The first kappa shape index (κ1) is 11.5. The van der Waals surface area contributed by atoms with Crippen molar-refractivity contribution in [2.75, 3.05) is 12.9 Å². The molecule has 0 heterocycles. The molecule has 3 nitrogen and oxygen atoms in total. The van der Waals surface area contributed by atoms with E-state index in [1.54, 1.807) is 12.1 Å². The third-order valence-electron chi connectivity index (χ3n) is 3.06. The van der Waals surface area contributed by atoms with Crippen LogP contribution < -0.4 is 0 Å². The number of sulfone groups is 1. The largest absolute Gasteiger partial charge is 0.396 e. The van der Waals surface area contributed by atoms with Crippen molar-refractivity contribution in [1.82, 2.24) is 0 Å². The smallest absolute Gasteiger partial charge is 0.151 e. The van der Waals surface area contributed by atoms with Gasteiger partial charge in [-0.25, -0.2) is 12.8 Å². The summed E-state index contributed by atoms with van der Waals surface area (Å²) in [4.78, 5) is 0. The summed E-state index contributed by atoms with van der Waals surface area (Å²) in [5.74, 6) is -0.790. The van der Waals surface area contributed by atoms with Crippen LogP contribution in [0.5, 0.6) is 0 Å². The van der Waals surface area contributed by atoms with Crippen molar-refractivity contribution in [2.45, 2.75) is 11.2 Å². The number of benzene rings is 1. The standard InChI is InChI=1S/C11H13FO3S/c1-16(14,15)11-9(6-13)10(11)7-2-4-8(12)5-3-7/h2-5,9-11,13H,6H2,1H3/t9-,10+,11+/m1/s1. The second kappa shape index (κ2) is 3.82. The number of hydrogen-bond acceptors (Lipinski definition) is 3. The van der Waals surface area contributed by atoms with Crippen molar-refractivity contribution in [1.29, 1.82) is 0 Å². The topological polar surface area (TPSA) is 54.4 Å². The molecule has 0 radical (unpaired) electrons. The Morgan fingerprint density at radius 3 is 2.25 bits per heavy atom. The highest BCUT2D eigenvalue weighted by Crippen LogP contribution is 2.51. The van der Waals surface area contributed by atoms with Crippen LogP contribution in [-0.2, 0) is 9.84 Å². The van der Waals surface area contributed by atoms with Crippen LogP contribution in [0.3, 0.4) is 0 Å². The minimum absolute atomic E-state index is 0.153. The molecule has 1 aromatic rings. The van der Waals surface area contributed by atoms with E-state index in [4.69, 9.17) is 5.11 Å². The van der Waals surface area contributed by atoms with Crippen LogP contribution in [0.4, 0.5) is 4.39 Å². The van der Waals surface area contributed by atoms with Gasteiger partial charge in [0.25, 0.3) is 0 Å². The van der Waals surface area contributed by atoms with Gasteiger partial charge in [-0.05, 0) is 17.7 Å². The summed E-state index contributed by atoms with van der Waals surface area (Å²) in [6.07, 6.45) is 1.17. The summed E-state index contributed by atoms with van der Waals surface area (Å²) in [7, 11) is -3.15. The van der Waals surface area contributed by atoms with Crippen molar-refractivity contribution in [3.05, 3.63) is 35.6 Å². The molecule has 3 atom stereocenters. The molecule has 0 amide bonds. The predicted octanol–water partition coefficient (Wildman–Crippen LogP) is 0.945. The molecule has 0 aromatic heterocycles. The Balaban J connectivity index is 2.27. The van der Waals surface area contributed by atoms with E-state index in [0.717, 1.165) is 5.56 Å². The molecular weight excluding hydrogens is 231 g/mol. The number of rotatable bonds is 3. The molecule has 16 heavy (non-hydrogen) atoms. The van der Waals surface area contributed by atoms with E-state index in [0.29, 0.717) is 0 Å². The molecule has 5 heteroatoms. The first-order valence-electron chi connectivity index (χ1n) is 5.00. The average Bonchev–Trinajstić information content (AvgIpc) is 2.92. The fraction of sp³-hybridized carbons (Fsp3) is 0.455. The predicted molar refractivity (Wildman–Crippen MR) is 58.3 cm³/mol. The van der Waals surface area contributed by atoms with Gasteiger partial charge in [0.1, 0.15) is 5.82 Å². The molecule has 0 aliphatic heterocycles. The lowest BCUT2D eigenvalue weighted by Crippen LogP contribution is -2.08. The lowest BCUT2D eigenvalue weighted by molar-refractivity contribution is 0.274. The van der Waals surface area contributed by atoms with Crippen LogP contribution >= 0.6 is 0 Å². The van der Waals surface area contributed by atoms with Gasteiger partial charge in [-0.15, -0.1) is 0 Å². The number of aliphatic hydroxyl groups is 1. The van der Waals surface area contributed by atoms with Gasteiger partial charge >= 0.3 is 0 Å². The molecule has 0 saturated heterocycles. The van der Waals surface area contributed by atoms with Gasteiger partial charge in [0, 0.05) is 24.7 Å². The molecule has 2 rings (SSSR count). The van der Waals surface area contributed by atoms with Gasteiger partial charge < -0.3 is 5.11 Å². The van der Waals surface area contributed by atoms with Crippen LogP contribution in [0, 0.1) is 11.7 Å². The fourth-order valence-electron chi connectivity index (χ4n) is 2.27. The van der Waals surface area contributed by atoms with Crippen LogP contribution in [0.2, 0.25) is 0 Å². The van der Waals surface area contributed by atoms with Crippen molar-refractivity contribution in [3.63, 3.8) is 0 Å². The van der Waals surface area contributed by atoms with Crippen molar-refractivity contribution < 1.29 is 17.9 Å². The minimum atomic E-state index is -3.15.